The Morgan fingerprint density at radius 2 is 2.00 bits per heavy atom. The van der Waals surface area contributed by atoms with Crippen LogP contribution in [0.2, 0.25) is 0 Å². The van der Waals surface area contributed by atoms with Crippen LogP contribution in [0.5, 0.6) is 5.75 Å². The van der Waals surface area contributed by atoms with E-state index in [9.17, 15) is 15.5 Å². The average Bonchev–Trinajstić information content (AvgIpc) is 3.05. The van der Waals surface area contributed by atoms with Gasteiger partial charge in [-0.15, -0.1) is 0 Å². The van der Waals surface area contributed by atoms with Crippen molar-refractivity contribution < 1.29 is 24.4 Å². The normalized spacial score (nSPS) is 28.2. The van der Waals surface area contributed by atoms with Gasteiger partial charge in [0.2, 0.25) is 5.79 Å². The minimum Gasteiger partial charge on any atom is -0.494 e. The molecular formula is C23H25NO5. The molecule has 29 heavy (non-hydrogen) atoms. The number of nitrogens with zero attached hydrogens (tertiary/aromatic N) is 1. The Morgan fingerprint density at radius 3 is 2.69 bits per heavy atom. The maximum absolute atomic E-state index is 10.7. The van der Waals surface area contributed by atoms with E-state index >= 15 is 0 Å². The van der Waals surface area contributed by atoms with Crippen molar-refractivity contribution in [1.29, 1.82) is 5.26 Å². The Hall–Kier alpha value is -2.43. The first-order valence-electron chi connectivity index (χ1n) is 9.93. The van der Waals surface area contributed by atoms with E-state index in [2.05, 4.69) is 6.07 Å². The predicted molar refractivity (Wildman–Crippen MR) is 105 cm³/mol. The number of fused-ring (bicyclic) bond motifs is 2. The standard InChI is InChI=1S/C23H25NO5/c1-3-27-19-6-4-15(5-7-19)9-16-11-20-18(10-17(16)12-24)13-28-23(20)22(26)21(25)8-14(2)29-23/h4-7,10-11,14,21-22,25-26H,3,8-9,13H2,1-2H3/t14-,21+,22?,23+/m1/s1. The first-order chi connectivity index (χ1) is 14.0. The van der Waals surface area contributed by atoms with E-state index in [0.29, 0.717) is 30.6 Å². The molecule has 0 saturated carbocycles. The molecule has 2 heterocycles. The molecule has 0 radical (unpaired) electrons. The largest absolute Gasteiger partial charge is 0.494 e. The van der Waals surface area contributed by atoms with Crippen LogP contribution in [-0.2, 0) is 28.3 Å². The van der Waals surface area contributed by atoms with Gasteiger partial charge in [-0.3, -0.25) is 0 Å². The number of hydrogen-bond acceptors (Lipinski definition) is 6. The van der Waals surface area contributed by atoms with Crippen LogP contribution in [0.25, 0.3) is 0 Å². The lowest BCUT2D eigenvalue weighted by Crippen LogP contribution is -2.55. The number of aliphatic hydroxyl groups is 2. The van der Waals surface area contributed by atoms with E-state index < -0.39 is 18.0 Å². The van der Waals surface area contributed by atoms with Crippen molar-refractivity contribution in [2.24, 2.45) is 0 Å². The van der Waals surface area contributed by atoms with Gasteiger partial charge in [0.15, 0.2) is 0 Å². The highest BCUT2D eigenvalue weighted by Gasteiger charge is 2.54. The van der Waals surface area contributed by atoms with E-state index in [-0.39, 0.29) is 12.7 Å². The van der Waals surface area contributed by atoms with Crippen LogP contribution in [0, 0.1) is 11.3 Å². The van der Waals surface area contributed by atoms with Gasteiger partial charge in [-0.2, -0.15) is 5.26 Å². The van der Waals surface area contributed by atoms with Crippen molar-refractivity contribution in [2.45, 2.75) is 57.4 Å². The second-order valence-corrected chi connectivity index (χ2v) is 7.66. The van der Waals surface area contributed by atoms with Gasteiger partial charge >= 0.3 is 0 Å². The van der Waals surface area contributed by atoms with Gasteiger partial charge in [-0.05, 0) is 61.2 Å². The average molecular weight is 395 g/mol. The summed E-state index contributed by atoms with van der Waals surface area (Å²) in [7, 11) is 0. The van der Waals surface area contributed by atoms with Crippen molar-refractivity contribution in [3.63, 3.8) is 0 Å². The van der Waals surface area contributed by atoms with Crippen molar-refractivity contribution in [3.05, 3.63) is 64.2 Å². The van der Waals surface area contributed by atoms with Gasteiger partial charge in [-0.25, -0.2) is 0 Å². The molecule has 2 N–H and O–H groups in total. The zero-order chi connectivity index (χ0) is 20.6. The zero-order valence-electron chi connectivity index (χ0n) is 16.6. The molecule has 2 aromatic carbocycles. The number of nitriles is 1. The van der Waals surface area contributed by atoms with Crippen LogP contribution >= 0.6 is 0 Å². The van der Waals surface area contributed by atoms with E-state index in [0.717, 1.165) is 22.4 Å². The van der Waals surface area contributed by atoms with E-state index in [4.69, 9.17) is 14.2 Å². The first kappa shape index (κ1) is 19.9. The smallest absolute Gasteiger partial charge is 0.225 e. The van der Waals surface area contributed by atoms with Gasteiger partial charge in [-0.1, -0.05) is 12.1 Å². The lowest BCUT2D eigenvalue weighted by atomic mass is 9.86. The van der Waals surface area contributed by atoms with Crippen molar-refractivity contribution in [1.82, 2.24) is 0 Å². The molecule has 1 spiro atoms. The lowest BCUT2D eigenvalue weighted by Gasteiger charge is -2.43. The van der Waals surface area contributed by atoms with E-state index in [1.54, 1.807) is 6.07 Å². The summed E-state index contributed by atoms with van der Waals surface area (Å²) in [6.45, 7) is 4.62. The Bertz CT molecular complexity index is 936. The zero-order valence-corrected chi connectivity index (χ0v) is 16.6. The fourth-order valence-corrected chi connectivity index (χ4v) is 4.22. The summed E-state index contributed by atoms with van der Waals surface area (Å²) in [5, 5.41) is 30.7. The molecule has 1 saturated heterocycles. The van der Waals surface area contributed by atoms with Crippen molar-refractivity contribution in [3.8, 4) is 11.8 Å². The molecule has 0 aliphatic carbocycles. The van der Waals surface area contributed by atoms with Crippen molar-refractivity contribution >= 4 is 0 Å². The fraction of sp³-hybridized carbons (Fsp3) is 0.435. The SMILES string of the molecule is CCOc1ccc(Cc2cc3c(cc2C#N)CO[C@]32O[C@H](C)C[C@H](O)C2O)cc1. The van der Waals surface area contributed by atoms with Crippen LogP contribution in [0.4, 0.5) is 0 Å². The maximum atomic E-state index is 10.7. The summed E-state index contributed by atoms with van der Waals surface area (Å²) < 4.78 is 17.4. The molecule has 152 valence electrons. The first-order valence-corrected chi connectivity index (χ1v) is 9.93. The molecule has 0 amide bonds. The second kappa shape index (κ2) is 7.77. The Morgan fingerprint density at radius 1 is 1.24 bits per heavy atom. The molecule has 6 heteroatoms. The minimum atomic E-state index is -1.39. The molecule has 2 aliphatic rings. The van der Waals surface area contributed by atoms with Gasteiger partial charge in [0.1, 0.15) is 11.9 Å². The summed E-state index contributed by atoms with van der Waals surface area (Å²) in [6, 6.07) is 13.7. The Balaban J connectivity index is 1.71. The number of hydrogen-bond donors (Lipinski definition) is 2. The van der Waals surface area contributed by atoms with Crippen LogP contribution in [0.1, 0.15) is 48.1 Å². The second-order valence-electron chi connectivity index (χ2n) is 7.66. The number of aliphatic hydroxyl groups excluding tert-OH is 2. The van der Waals surface area contributed by atoms with Crippen LogP contribution in [0.15, 0.2) is 36.4 Å². The summed E-state index contributed by atoms with van der Waals surface area (Å²) in [6.07, 6.45) is -1.49. The number of ether oxygens (including phenoxy) is 3. The predicted octanol–water partition coefficient (Wildman–Crippen LogP) is 2.76. The molecule has 4 rings (SSSR count). The molecule has 1 fully saturated rings. The highest BCUT2D eigenvalue weighted by molar-refractivity contribution is 5.50. The molecular weight excluding hydrogens is 370 g/mol. The monoisotopic (exact) mass is 395 g/mol. The summed E-state index contributed by atoms with van der Waals surface area (Å²) in [5.74, 6) is -0.590. The van der Waals surface area contributed by atoms with Crippen LogP contribution < -0.4 is 4.74 Å². The van der Waals surface area contributed by atoms with Crippen LogP contribution in [0.3, 0.4) is 0 Å². The van der Waals surface area contributed by atoms with Gasteiger partial charge in [0.25, 0.3) is 0 Å². The molecule has 4 atom stereocenters. The molecule has 0 aromatic heterocycles. The third kappa shape index (κ3) is 3.52. The topological polar surface area (TPSA) is 91.9 Å². The van der Waals surface area contributed by atoms with E-state index in [1.807, 2.05) is 44.2 Å². The summed E-state index contributed by atoms with van der Waals surface area (Å²) >= 11 is 0. The van der Waals surface area contributed by atoms with Crippen molar-refractivity contribution in [2.75, 3.05) is 6.61 Å². The molecule has 6 nitrogen and oxygen atoms in total. The van der Waals surface area contributed by atoms with Crippen LogP contribution in [-0.4, -0.2) is 35.1 Å². The maximum Gasteiger partial charge on any atom is 0.225 e. The van der Waals surface area contributed by atoms with Gasteiger partial charge in [0.05, 0.1) is 37.1 Å². The van der Waals surface area contributed by atoms with Gasteiger partial charge < -0.3 is 24.4 Å². The summed E-state index contributed by atoms with van der Waals surface area (Å²) in [4.78, 5) is 0. The van der Waals surface area contributed by atoms with Gasteiger partial charge in [0, 0.05) is 12.0 Å². The molecule has 1 unspecified atom stereocenters. The number of rotatable bonds is 4. The quantitative estimate of drug-likeness (QED) is 0.827. The lowest BCUT2D eigenvalue weighted by molar-refractivity contribution is -0.342. The highest BCUT2D eigenvalue weighted by atomic mass is 16.7. The third-order valence-corrected chi connectivity index (χ3v) is 5.60. The number of benzene rings is 2. The highest BCUT2D eigenvalue weighted by Crippen LogP contribution is 2.46. The minimum absolute atomic E-state index is 0.226. The molecule has 0 bridgehead atoms. The summed E-state index contributed by atoms with van der Waals surface area (Å²) in [5.41, 5.74) is 3.92. The molecule has 2 aromatic rings. The Kier molecular flexibility index (Phi) is 5.32. The fourth-order valence-electron chi connectivity index (χ4n) is 4.22. The van der Waals surface area contributed by atoms with E-state index in [1.165, 1.54) is 0 Å². The Labute approximate surface area is 170 Å². The third-order valence-electron chi connectivity index (χ3n) is 5.60. The molecule has 2 aliphatic heterocycles.